The first-order chi connectivity index (χ1) is 4.63. The van der Waals surface area contributed by atoms with Crippen LogP contribution < -0.4 is 5.73 Å². The van der Waals surface area contributed by atoms with Crippen LogP contribution in [-0.2, 0) is 0 Å². The van der Waals surface area contributed by atoms with Gasteiger partial charge in [-0.05, 0) is 6.07 Å². The molecule has 0 saturated heterocycles. The van der Waals surface area contributed by atoms with Gasteiger partial charge in [-0.3, -0.25) is 0 Å². The molecule has 0 aromatic carbocycles. The third-order valence-corrected chi connectivity index (χ3v) is 0.622. The van der Waals surface area contributed by atoms with Crippen LogP contribution in [0.2, 0.25) is 0 Å². The Morgan fingerprint density at radius 3 is 2.20 bits per heavy atom. The van der Waals surface area contributed by atoms with Crippen molar-refractivity contribution in [3.63, 3.8) is 0 Å². The van der Waals surface area contributed by atoms with E-state index in [2.05, 4.69) is 4.98 Å². The smallest absolute Gasteiger partial charge is 0.450 e. The highest BCUT2D eigenvalue weighted by molar-refractivity contribution is 5.53. The Kier molecular flexibility index (Phi) is 3.55. The molecule has 0 amide bonds. The molecular formula is C5H8N2O3. The molecule has 0 fully saturated rings. The molecule has 1 aromatic rings. The second kappa shape index (κ2) is 4.25. The number of nitrogen functional groups attached to an aromatic ring is 1. The molecule has 0 unspecified atom stereocenters. The second-order valence-corrected chi connectivity index (χ2v) is 1.43. The molecule has 5 heteroatoms. The van der Waals surface area contributed by atoms with Gasteiger partial charge < -0.3 is 20.9 Å². The van der Waals surface area contributed by atoms with E-state index >= 15 is 0 Å². The Labute approximate surface area is 57.1 Å². The van der Waals surface area contributed by atoms with Gasteiger partial charge in [-0.1, -0.05) is 0 Å². The fourth-order valence-corrected chi connectivity index (χ4v) is 0.337. The first kappa shape index (κ1) is 8.35. The largest absolute Gasteiger partial charge is 0.503 e. The van der Waals surface area contributed by atoms with Gasteiger partial charge in [0, 0.05) is 18.1 Å². The number of hydrogen-bond acceptors (Lipinski definition) is 2. The van der Waals surface area contributed by atoms with Crippen molar-refractivity contribution in [3.05, 3.63) is 18.5 Å². The molecule has 0 atom stereocenters. The Morgan fingerprint density at radius 2 is 2.10 bits per heavy atom. The minimum absolute atomic E-state index is 0.787. The molecule has 1 aromatic heterocycles. The van der Waals surface area contributed by atoms with Crippen molar-refractivity contribution in [2.75, 3.05) is 5.73 Å². The first-order valence-electron chi connectivity index (χ1n) is 2.43. The molecule has 0 aliphatic rings. The van der Waals surface area contributed by atoms with Gasteiger partial charge in [0.2, 0.25) is 0 Å². The Balaban J connectivity index is 0.000000180. The third-order valence-electron chi connectivity index (χ3n) is 0.622. The summed E-state index contributed by atoms with van der Waals surface area (Å²) in [7, 11) is 0. The molecule has 5 N–H and O–H groups in total. The minimum atomic E-state index is -1.83. The number of carboxylic acid groups (broad SMARTS) is 2. The van der Waals surface area contributed by atoms with Crippen LogP contribution in [0.25, 0.3) is 0 Å². The molecule has 10 heavy (non-hydrogen) atoms. The summed E-state index contributed by atoms with van der Waals surface area (Å²) in [4.78, 5) is 11.4. The summed E-state index contributed by atoms with van der Waals surface area (Å²) >= 11 is 0. The van der Waals surface area contributed by atoms with Gasteiger partial charge >= 0.3 is 6.16 Å². The number of carbonyl (C=O) groups is 1. The van der Waals surface area contributed by atoms with E-state index in [-0.39, 0.29) is 0 Å². The van der Waals surface area contributed by atoms with E-state index in [9.17, 15) is 0 Å². The molecule has 0 saturated carbocycles. The zero-order valence-corrected chi connectivity index (χ0v) is 5.11. The summed E-state index contributed by atoms with van der Waals surface area (Å²) in [6, 6.07) is 1.81. The van der Waals surface area contributed by atoms with Gasteiger partial charge in [-0.15, -0.1) is 0 Å². The lowest BCUT2D eigenvalue weighted by Crippen LogP contribution is -1.81. The Morgan fingerprint density at radius 1 is 1.60 bits per heavy atom. The van der Waals surface area contributed by atoms with Crippen molar-refractivity contribution in [1.29, 1.82) is 0 Å². The van der Waals surface area contributed by atoms with Gasteiger partial charge in [0.25, 0.3) is 0 Å². The van der Waals surface area contributed by atoms with E-state index in [1.54, 1.807) is 18.5 Å². The molecule has 0 bridgehead atoms. The molecule has 1 rings (SSSR count). The van der Waals surface area contributed by atoms with Gasteiger partial charge in [0.15, 0.2) is 0 Å². The quantitative estimate of drug-likeness (QED) is 0.433. The number of hydrogen-bond donors (Lipinski definition) is 4. The fraction of sp³-hybridized carbons (Fsp3) is 0. The topological polar surface area (TPSA) is 99.3 Å². The number of nitrogens with two attached hydrogens (primary N) is 1. The van der Waals surface area contributed by atoms with Crippen LogP contribution >= 0.6 is 0 Å². The van der Waals surface area contributed by atoms with Crippen LogP contribution in [0.3, 0.4) is 0 Å². The summed E-state index contributed by atoms with van der Waals surface area (Å²) in [5, 5.41) is 13.9. The molecule has 0 spiro atoms. The third kappa shape index (κ3) is 6.35. The van der Waals surface area contributed by atoms with E-state index in [4.69, 9.17) is 20.7 Å². The van der Waals surface area contributed by atoms with E-state index in [1.807, 2.05) is 0 Å². The van der Waals surface area contributed by atoms with E-state index in [1.165, 1.54) is 0 Å². The zero-order chi connectivity index (χ0) is 7.98. The Hall–Kier alpha value is -1.65. The standard InChI is InChI=1S/C4H6N2.CH2O3/c5-4-1-2-6-3-4;2-1(3)4/h1-3,6H,5H2;(H2,2,3,4). The normalized spacial score (nSPS) is 7.60. The van der Waals surface area contributed by atoms with E-state index < -0.39 is 6.16 Å². The van der Waals surface area contributed by atoms with Crippen molar-refractivity contribution in [1.82, 2.24) is 4.98 Å². The van der Waals surface area contributed by atoms with Gasteiger partial charge in [-0.25, -0.2) is 4.79 Å². The Bertz CT molecular complexity index is 179. The number of nitrogens with one attached hydrogen (secondary N) is 1. The predicted molar refractivity (Wildman–Crippen MR) is 35.9 cm³/mol. The molecule has 5 nitrogen and oxygen atoms in total. The van der Waals surface area contributed by atoms with E-state index in [0.717, 1.165) is 5.69 Å². The second-order valence-electron chi connectivity index (χ2n) is 1.43. The van der Waals surface area contributed by atoms with E-state index in [0.29, 0.717) is 0 Å². The average molecular weight is 144 g/mol. The molecule has 1 heterocycles. The predicted octanol–water partition coefficient (Wildman–Crippen LogP) is 0.819. The van der Waals surface area contributed by atoms with Crippen LogP contribution in [0.4, 0.5) is 10.5 Å². The van der Waals surface area contributed by atoms with Crippen molar-refractivity contribution in [2.45, 2.75) is 0 Å². The molecule has 0 aliphatic heterocycles. The molecule has 0 aliphatic carbocycles. The maximum Gasteiger partial charge on any atom is 0.503 e. The number of aromatic amines is 1. The van der Waals surface area contributed by atoms with Crippen LogP contribution in [0, 0.1) is 0 Å². The van der Waals surface area contributed by atoms with Crippen molar-refractivity contribution < 1.29 is 15.0 Å². The highest BCUT2D eigenvalue weighted by Gasteiger charge is 1.73. The van der Waals surface area contributed by atoms with Crippen LogP contribution in [0.15, 0.2) is 18.5 Å². The highest BCUT2D eigenvalue weighted by Crippen LogP contribution is 1.92. The van der Waals surface area contributed by atoms with Crippen molar-refractivity contribution in [2.24, 2.45) is 0 Å². The summed E-state index contributed by atoms with van der Waals surface area (Å²) in [6.07, 6.45) is 1.69. The van der Waals surface area contributed by atoms with Crippen molar-refractivity contribution >= 4 is 11.8 Å². The van der Waals surface area contributed by atoms with Gasteiger partial charge in [-0.2, -0.15) is 0 Å². The van der Waals surface area contributed by atoms with Crippen molar-refractivity contribution in [3.8, 4) is 0 Å². The number of rotatable bonds is 0. The maximum absolute atomic E-state index is 8.56. The summed E-state index contributed by atoms with van der Waals surface area (Å²) in [5.74, 6) is 0. The molecule has 56 valence electrons. The summed E-state index contributed by atoms with van der Waals surface area (Å²) in [6.45, 7) is 0. The van der Waals surface area contributed by atoms with Crippen LogP contribution in [-0.4, -0.2) is 21.4 Å². The number of H-pyrrole nitrogens is 1. The average Bonchev–Trinajstić information content (AvgIpc) is 2.15. The lowest BCUT2D eigenvalue weighted by Gasteiger charge is -1.69. The molecule has 0 radical (unpaired) electrons. The van der Waals surface area contributed by atoms with Crippen LogP contribution in [0.5, 0.6) is 0 Å². The zero-order valence-electron chi connectivity index (χ0n) is 5.11. The minimum Gasteiger partial charge on any atom is -0.450 e. The summed E-state index contributed by atoms with van der Waals surface area (Å²) in [5.41, 5.74) is 6.03. The summed E-state index contributed by atoms with van der Waals surface area (Å²) < 4.78 is 0. The lowest BCUT2D eigenvalue weighted by molar-refractivity contribution is 0.137. The van der Waals surface area contributed by atoms with Crippen LogP contribution in [0.1, 0.15) is 0 Å². The monoisotopic (exact) mass is 144 g/mol. The maximum atomic E-state index is 8.56. The highest BCUT2D eigenvalue weighted by atomic mass is 16.6. The fourth-order valence-electron chi connectivity index (χ4n) is 0.337. The number of anilines is 1. The van der Waals surface area contributed by atoms with Gasteiger partial charge in [0.05, 0.1) is 0 Å². The lowest BCUT2D eigenvalue weighted by atomic mass is 10.6. The molecular weight excluding hydrogens is 136 g/mol. The number of aromatic nitrogens is 1. The van der Waals surface area contributed by atoms with Gasteiger partial charge in [0.1, 0.15) is 0 Å². The SMILES string of the molecule is Nc1cc[nH]c1.O=C(O)O. The first-order valence-corrected chi connectivity index (χ1v) is 2.43.